The Morgan fingerprint density at radius 3 is 2.94 bits per heavy atom. The molecule has 1 amide bonds. The summed E-state index contributed by atoms with van der Waals surface area (Å²) < 4.78 is 0.976. The van der Waals surface area contributed by atoms with Gasteiger partial charge in [0.15, 0.2) is 0 Å². The van der Waals surface area contributed by atoms with Gasteiger partial charge in [-0.2, -0.15) is 0 Å². The maximum absolute atomic E-state index is 11.3. The molecule has 1 rings (SSSR count). The van der Waals surface area contributed by atoms with Crippen molar-refractivity contribution < 1.29 is 4.79 Å². The highest BCUT2D eigenvalue weighted by molar-refractivity contribution is 9.10. The third kappa shape index (κ3) is 5.14. The molecular weight excluding hydrogens is 289 g/mol. The Kier molecular flexibility index (Phi) is 5.29. The van der Waals surface area contributed by atoms with E-state index in [-0.39, 0.29) is 12.5 Å². The summed E-state index contributed by atoms with van der Waals surface area (Å²) in [6.45, 7) is 3.76. The van der Waals surface area contributed by atoms with Gasteiger partial charge in [-0.05, 0) is 23.8 Å². The van der Waals surface area contributed by atoms with Gasteiger partial charge >= 0.3 is 0 Å². The van der Waals surface area contributed by atoms with E-state index in [9.17, 15) is 4.79 Å². The summed E-state index contributed by atoms with van der Waals surface area (Å²) in [5.41, 5.74) is 0.953. The molecule has 0 unspecified atom stereocenters. The minimum absolute atomic E-state index is 0.193. The zero-order valence-electron chi connectivity index (χ0n) is 8.54. The van der Waals surface area contributed by atoms with Crippen LogP contribution in [0.1, 0.15) is 5.56 Å². The molecule has 0 bridgehead atoms. The molecule has 0 heterocycles. The van der Waals surface area contributed by atoms with E-state index >= 15 is 0 Å². The average Bonchev–Trinajstić information content (AvgIpc) is 2.23. The number of carbonyl (C=O) groups excluding carboxylic acids is 1. The summed E-state index contributed by atoms with van der Waals surface area (Å²) in [4.78, 5) is 11.3. The number of halogens is 2. The van der Waals surface area contributed by atoms with Crippen molar-refractivity contribution in [1.29, 1.82) is 0 Å². The summed E-state index contributed by atoms with van der Waals surface area (Å²) in [6.07, 6.45) is 3.19. The van der Waals surface area contributed by atoms with Gasteiger partial charge in [0.25, 0.3) is 0 Å². The van der Waals surface area contributed by atoms with E-state index in [1.165, 1.54) is 6.08 Å². The largest absolute Gasteiger partial charge is 0.348 e. The summed E-state index contributed by atoms with van der Waals surface area (Å²) in [6, 6.07) is 7.66. The molecule has 1 N–H and O–H groups in total. The first-order valence-electron chi connectivity index (χ1n) is 4.62. The summed E-state index contributed by atoms with van der Waals surface area (Å²) in [5.74, 6) is -0.193. The van der Waals surface area contributed by atoms with Crippen LogP contribution in [0.25, 0.3) is 6.08 Å². The van der Waals surface area contributed by atoms with E-state index in [4.69, 9.17) is 11.6 Å². The lowest BCUT2D eigenvalue weighted by Crippen LogP contribution is -2.21. The van der Waals surface area contributed by atoms with Crippen molar-refractivity contribution in [2.45, 2.75) is 0 Å². The molecule has 2 nitrogen and oxygen atoms in total. The summed E-state index contributed by atoms with van der Waals surface area (Å²) in [7, 11) is 0. The Labute approximate surface area is 108 Å². The first kappa shape index (κ1) is 13.0. The molecule has 4 heteroatoms. The van der Waals surface area contributed by atoms with Crippen LogP contribution in [-0.2, 0) is 4.79 Å². The van der Waals surface area contributed by atoms with Crippen LogP contribution in [0.2, 0.25) is 0 Å². The number of benzene rings is 1. The quantitative estimate of drug-likeness (QED) is 0.849. The van der Waals surface area contributed by atoms with Gasteiger partial charge in [0.05, 0.1) is 6.54 Å². The van der Waals surface area contributed by atoms with E-state index in [0.29, 0.717) is 5.03 Å². The molecule has 1 aromatic rings. The fourth-order valence-corrected chi connectivity index (χ4v) is 1.51. The molecule has 0 fully saturated rings. The third-order valence-electron chi connectivity index (χ3n) is 1.73. The van der Waals surface area contributed by atoms with Crippen LogP contribution in [0.3, 0.4) is 0 Å². The fraction of sp³-hybridized carbons (Fsp3) is 0.0833. The monoisotopic (exact) mass is 299 g/mol. The van der Waals surface area contributed by atoms with Crippen molar-refractivity contribution in [1.82, 2.24) is 5.32 Å². The Morgan fingerprint density at radius 1 is 1.56 bits per heavy atom. The molecule has 0 aliphatic carbocycles. The fourth-order valence-electron chi connectivity index (χ4n) is 1.02. The van der Waals surface area contributed by atoms with E-state index in [0.717, 1.165) is 10.0 Å². The van der Waals surface area contributed by atoms with Gasteiger partial charge in [0.1, 0.15) is 0 Å². The van der Waals surface area contributed by atoms with Crippen molar-refractivity contribution in [2.24, 2.45) is 0 Å². The van der Waals surface area contributed by atoms with Crippen molar-refractivity contribution in [2.75, 3.05) is 6.54 Å². The molecule has 0 atom stereocenters. The second-order valence-corrected chi connectivity index (χ2v) is 4.57. The lowest BCUT2D eigenvalue weighted by molar-refractivity contribution is -0.116. The van der Waals surface area contributed by atoms with E-state index in [1.54, 1.807) is 6.08 Å². The smallest absolute Gasteiger partial charge is 0.244 e. The number of amides is 1. The second kappa shape index (κ2) is 6.51. The van der Waals surface area contributed by atoms with Crippen LogP contribution < -0.4 is 5.32 Å². The molecule has 0 radical (unpaired) electrons. The maximum atomic E-state index is 11.3. The van der Waals surface area contributed by atoms with Crippen molar-refractivity contribution in [3.63, 3.8) is 0 Å². The predicted molar refractivity (Wildman–Crippen MR) is 71.2 cm³/mol. The first-order valence-corrected chi connectivity index (χ1v) is 5.80. The van der Waals surface area contributed by atoms with Crippen LogP contribution in [0, 0.1) is 0 Å². The van der Waals surface area contributed by atoms with E-state index in [2.05, 4.69) is 27.8 Å². The van der Waals surface area contributed by atoms with Crippen LogP contribution >= 0.6 is 27.5 Å². The topological polar surface area (TPSA) is 29.1 Å². The predicted octanol–water partition coefficient (Wildman–Crippen LogP) is 3.33. The zero-order valence-corrected chi connectivity index (χ0v) is 10.9. The number of nitrogens with one attached hydrogen (secondary N) is 1. The highest BCUT2D eigenvalue weighted by Crippen LogP contribution is 2.12. The molecule has 0 saturated carbocycles. The van der Waals surface area contributed by atoms with Crippen LogP contribution in [-0.4, -0.2) is 12.5 Å². The number of rotatable bonds is 4. The first-order chi connectivity index (χ1) is 7.58. The van der Waals surface area contributed by atoms with Crippen molar-refractivity contribution in [3.05, 3.63) is 52.0 Å². The Morgan fingerprint density at radius 2 is 2.31 bits per heavy atom. The molecule has 0 spiro atoms. The zero-order chi connectivity index (χ0) is 12.0. The van der Waals surface area contributed by atoms with E-state index < -0.39 is 0 Å². The standard InChI is InChI=1S/C12H11BrClNO/c1-9(14)8-15-12(16)6-5-10-3-2-4-11(13)7-10/h2-7H,1,8H2,(H,15,16)/b6-5+. The highest BCUT2D eigenvalue weighted by atomic mass is 79.9. The Bertz CT molecular complexity index is 429. The lowest BCUT2D eigenvalue weighted by Gasteiger charge is -1.98. The minimum atomic E-state index is -0.193. The van der Waals surface area contributed by atoms with E-state index in [1.807, 2.05) is 24.3 Å². The summed E-state index contributed by atoms with van der Waals surface area (Å²) in [5, 5.41) is 3.00. The third-order valence-corrected chi connectivity index (χ3v) is 2.36. The van der Waals surface area contributed by atoms with Crippen LogP contribution in [0.15, 0.2) is 46.4 Å². The SMILES string of the molecule is C=C(Cl)CNC(=O)/C=C/c1cccc(Br)c1. The lowest BCUT2D eigenvalue weighted by atomic mass is 10.2. The maximum Gasteiger partial charge on any atom is 0.244 e. The van der Waals surface area contributed by atoms with Crippen molar-refractivity contribution in [3.8, 4) is 0 Å². The van der Waals surface area contributed by atoms with Crippen molar-refractivity contribution >= 4 is 39.5 Å². The molecule has 0 aromatic heterocycles. The molecule has 1 aromatic carbocycles. The van der Waals surface area contributed by atoms with Gasteiger partial charge in [-0.25, -0.2) is 0 Å². The van der Waals surface area contributed by atoms with Gasteiger partial charge in [0.2, 0.25) is 5.91 Å². The molecular formula is C12H11BrClNO. The van der Waals surface area contributed by atoms with Gasteiger partial charge in [-0.15, -0.1) is 0 Å². The minimum Gasteiger partial charge on any atom is -0.348 e. The Hall–Kier alpha value is -1.06. The average molecular weight is 301 g/mol. The number of carbonyl (C=O) groups is 1. The number of hydrogen-bond acceptors (Lipinski definition) is 1. The normalized spacial score (nSPS) is 10.4. The second-order valence-electron chi connectivity index (χ2n) is 3.12. The molecule has 16 heavy (non-hydrogen) atoms. The van der Waals surface area contributed by atoms with Gasteiger partial charge in [-0.1, -0.05) is 46.2 Å². The van der Waals surface area contributed by atoms with Gasteiger partial charge in [0, 0.05) is 15.6 Å². The Balaban J connectivity index is 2.53. The van der Waals surface area contributed by atoms with Gasteiger partial charge in [-0.3, -0.25) is 4.79 Å². The van der Waals surface area contributed by atoms with Crippen LogP contribution in [0.4, 0.5) is 0 Å². The van der Waals surface area contributed by atoms with Gasteiger partial charge < -0.3 is 5.32 Å². The summed E-state index contributed by atoms with van der Waals surface area (Å²) >= 11 is 8.88. The molecule has 0 saturated heterocycles. The van der Waals surface area contributed by atoms with Crippen LogP contribution in [0.5, 0.6) is 0 Å². The highest BCUT2D eigenvalue weighted by Gasteiger charge is 1.95. The molecule has 0 aliphatic heterocycles. The number of hydrogen-bond donors (Lipinski definition) is 1. The molecule has 84 valence electrons. The molecule has 0 aliphatic rings.